The average Bonchev–Trinajstić information content (AvgIpc) is 3.17. The number of nitrogens with zero attached hydrogens (tertiary/aromatic N) is 2. The second kappa shape index (κ2) is 7.18. The Bertz CT molecular complexity index is 797. The number of hydrogen-bond acceptors (Lipinski definition) is 4. The monoisotopic (exact) mass is 389 g/mol. The Morgan fingerprint density at radius 1 is 1.25 bits per heavy atom. The van der Waals surface area contributed by atoms with Crippen LogP contribution in [-0.2, 0) is 19.8 Å². The zero-order valence-electron chi connectivity index (χ0n) is 16.9. The Labute approximate surface area is 165 Å². The van der Waals surface area contributed by atoms with Crippen LogP contribution < -0.4 is 5.32 Å². The minimum atomic E-state index is -1.11. The number of benzene rings is 1. The third kappa shape index (κ3) is 3.27. The minimum Gasteiger partial charge on any atom is -0.388 e. The number of rotatable bonds is 5. The molecule has 0 radical (unpaired) electrons. The summed E-state index contributed by atoms with van der Waals surface area (Å²) in [6.07, 6.45) is 2.41. The Hall–Kier alpha value is -2.44. The molecule has 28 heavy (non-hydrogen) atoms. The summed E-state index contributed by atoms with van der Waals surface area (Å²) in [6, 6.07) is 3.88. The first-order chi connectivity index (χ1) is 13.2. The summed E-state index contributed by atoms with van der Waals surface area (Å²) in [4.78, 5) is 40.2. The summed E-state index contributed by atoms with van der Waals surface area (Å²) in [5.41, 5.74) is -0.408. The largest absolute Gasteiger partial charge is 0.388 e. The number of anilines is 1. The third-order valence-electron chi connectivity index (χ3n) is 6.11. The number of amides is 2. The highest BCUT2D eigenvalue weighted by atomic mass is 19.1. The molecule has 1 aromatic carbocycles. The second-order valence-corrected chi connectivity index (χ2v) is 8.87. The maximum Gasteiger partial charge on any atom is 0.245 e. The summed E-state index contributed by atoms with van der Waals surface area (Å²) in [5.74, 6) is -0.631. The molecule has 0 bridgehead atoms. The molecule has 3 rings (SSSR count). The summed E-state index contributed by atoms with van der Waals surface area (Å²) in [6.45, 7) is 6.55. The van der Waals surface area contributed by atoms with Gasteiger partial charge < -0.3 is 19.9 Å². The molecule has 6 nitrogen and oxygen atoms in total. The quantitative estimate of drug-likeness (QED) is 0.784. The molecule has 2 amide bonds. The molecule has 2 fully saturated rings. The predicted octanol–water partition coefficient (Wildman–Crippen LogP) is 2.18. The topological polar surface area (TPSA) is 69.7 Å². The number of halogens is 1. The third-order valence-corrected chi connectivity index (χ3v) is 6.11. The highest BCUT2D eigenvalue weighted by molar-refractivity contribution is 5.87. The first kappa shape index (κ1) is 20.3. The van der Waals surface area contributed by atoms with Crippen molar-refractivity contribution in [2.45, 2.75) is 51.1 Å². The first-order valence-corrected chi connectivity index (χ1v) is 9.62. The van der Waals surface area contributed by atoms with E-state index in [-0.39, 0.29) is 23.9 Å². The molecule has 2 aliphatic rings. The number of hydrogen-bond donors (Lipinski definition) is 1. The van der Waals surface area contributed by atoms with Crippen LogP contribution in [0.4, 0.5) is 10.1 Å². The predicted molar refractivity (Wildman–Crippen MR) is 104 cm³/mol. The van der Waals surface area contributed by atoms with E-state index in [1.54, 1.807) is 24.1 Å². The molecule has 2 aliphatic heterocycles. The lowest BCUT2D eigenvalue weighted by Crippen LogP contribution is -2.47. The van der Waals surface area contributed by atoms with Crippen molar-refractivity contribution in [2.75, 3.05) is 25.5 Å². The standard InChI is InChI=1S/C21H28FN3O3/c1-14-8-21(12-26,18-15(22)6-5-7-16(18)23-4)11-25(14)19(28)17-9-20(2,3)10-24(17)13-27/h5-7,12-14,17,23H,8-11H2,1-4H3. The molecule has 0 saturated carbocycles. The van der Waals surface area contributed by atoms with E-state index in [2.05, 4.69) is 5.32 Å². The summed E-state index contributed by atoms with van der Waals surface area (Å²) < 4.78 is 14.7. The van der Waals surface area contributed by atoms with E-state index >= 15 is 0 Å². The van der Waals surface area contributed by atoms with Crippen LogP contribution in [-0.4, -0.2) is 60.6 Å². The van der Waals surface area contributed by atoms with Gasteiger partial charge >= 0.3 is 0 Å². The summed E-state index contributed by atoms with van der Waals surface area (Å²) in [5, 5.41) is 2.96. The van der Waals surface area contributed by atoms with E-state index < -0.39 is 17.3 Å². The van der Waals surface area contributed by atoms with Crippen LogP contribution in [0.3, 0.4) is 0 Å². The van der Waals surface area contributed by atoms with Gasteiger partial charge in [-0.3, -0.25) is 9.59 Å². The van der Waals surface area contributed by atoms with Crippen molar-refractivity contribution in [2.24, 2.45) is 5.41 Å². The lowest BCUT2D eigenvalue weighted by atomic mass is 9.78. The van der Waals surface area contributed by atoms with Gasteiger partial charge in [-0.1, -0.05) is 19.9 Å². The molecule has 7 heteroatoms. The molecule has 152 valence electrons. The fraction of sp³-hybridized carbons (Fsp3) is 0.571. The first-order valence-electron chi connectivity index (χ1n) is 9.62. The molecule has 1 aromatic rings. The van der Waals surface area contributed by atoms with Gasteiger partial charge in [-0.25, -0.2) is 4.39 Å². The number of carbonyl (C=O) groups is 3. The van der Waals surface area contributed by atoms with Crippen molar-refractivity contribution in [3.63, 3.8) is 0 Å². The highest BCUT2D eigenvalue weighted by Gasteiger charge is 2.51. The maximum absolute atomic E-state index is 14.7. The van der Waals surface area contributed by atoms with Crippen LogP contribution in [0.2, 0.25) is 0 Å². The van der Waals surface area contributed by atoms with E-state index in [4.69, 9.17) is 0 Å². The van der Waals surface area contributed by atoms with Gasteiger partial charge in [-0.2, -0.15) is 0 Å². The molecular formula is C21H28FN3O3. The Morgan fingerprint density at radius 3 is 2.57 bits per heavy atom. The lowest BCUT2D eigenvalue weighted by Gasteiger charge is -2.29. The van der Waals surface area contributed by atoms with Crippen molar-refractivity contribution in [1.29, 1.82) is 0 Å². The van der Waals surface area contributed by atoms with E-state index in [0.29, 0.717) is 30.6 Å². The van der Waals surface area contributed by atoms with Gasteiger partial charge in [0.05, 0.1) is 5.41 Å². The molecule has 0 aliphatic carbocycles. The molecule has 0 spiro atoms. The summed E-state index contributed by atoms with van der Waals surface area (Å²) >= 11 is 0. The number of nitrogens with one attached hydrogen (secondary N) is 1. The molecule has 1 N–H and O–H groups in total. The zero-order valence-corrected chi connectivity index (χ0v) is 16.9. The number of likely N-dealkylation sites (tertiary alicyclic amines) is 2. The van der Waals surface area contributed by atoms with Crippen molar-refractivity contribution >= 4 is 24.3 Å². The normalized spacial score (nSPS) is 29.0. The van der Waals surface area contributed by atoms with Gasteiger partial charge in [-0.05, 0) is 37.3 Å². The van der Waals surface area contributed by atoms with Gasteiger partial charge in [0.1, 0.15) is 18.1 Å². The lowest BCUT2D eigenvalue weighted by molar-refractivity contribution is -0.140. The zero-order chi connectivity index (χ0) is 20.7. The molecule has 3 atom stereocenters. The van der Waals surface area contributed by atoms with Crippen LogP contribution in [0, 0.1) is 11.2 Å². The van der Waals surface area contributed by atoms with Crippen molar-refractivity contribution in [3.05, 3.63) is 29.6 Å². The Morgan fingerprint density at radius 2 is 1.96 bits per heavy atom. The van der Waals surface area contributed by atoms with Crippen molar-refractivity contribution in [1.82, 2.24) is 9.80 Å². The van der Waals surface area contributed by atoms with E-state index in [9.17, 15) is 18.8 Å². The Balaban J connectivity index is 1.94. The highest BCUT2D eigenvalue weighted by Crippen LogP contribution is 2.43. The van der Waals surface area contributed by atoms with Gasteiger partial charge in [0.2, 0.25) is 12.3 Å². The van der Waals surface area contributed by atoms with Crippen molar-refractivity contribution in [3.8, 4) is 0 Å². The molecule has 2 heterocycles. The molecule has 2 saturated heterocycles. The Kier molecular flexibility index (Phi) is 5.21. The van der Waals surface area contributed by atoms with E-state index in [1.807, 2.05) is 20.8 Å². The van der Waals surface area contributed by atoms with E-state index in [1.165, 1.54) is 11.0 Å². The average molecular weight is 389 g/mol. The van der Waals surface area contributed by atoms with Crippen LogP contribution in [0.1, 0.15) is 39.2 Å². The molecule has 3 unspecified atom stereocenters. The fourth-order valence-corrected chi connectivity index (χ4v) is 4.86. The molecule has 0 aromatic heterocycles. The second-order valence-electron chi connectivity index (χ2n) is 8.87. The molecular weight excluding hydrogens is 361 g/mol. The number of carbonyl (C=O) groups excluding carboxylic acids is 3. The van der Waals surface area contributed by atoms with Crippen molar-refractivity contribution < 1.29 is 18.8 Å². The van der Waals surface area contributed by atoms with Gasteiger partial charge in [0.25, 0.3) is 0 Å². The smallest absolute Gasteiger partial charge is 0.245 e. The van der Waals surface area contributed by atoms with Gasteiger partial charge in [0, 0.05) is 37.4 Å². The van der Waals surface area contributed by atoms with Gasteiger partial charge in [0.15, 0.2) is 0 Å². The maximum atomic E-state index is 14.7. The fourth-order valence-electron chi connectivity index (χ4n) is 4.86. The summed E-state index contributed by atoms with van der Waals surface area (Å²) in [7, 11) is 1.68. The minimum absolute atomic E-state index is 0.107. The van der Waals surface area contributed by atoms with Crippen LogP contribution >= 0.6 is 0 Å². The number of aldehydes is 1. The van der Waals surface area contributed by atoms with Gasteiger partial charge in [-0.15, -0.1) is 0 Å². The van der Waals surface area contributed by atoms with Crippen LogP contribution in [0.25, 0.3) is 0 Å². The SMILES string of the molecule is CNc1cccc(F)c1C1(C=O)CC(C)N(C(=O)C2CC(C)(C)CN2C=O)C1. The van der Waals surface area contributed by atoms with E-state index in [0.717, 1.165) is 12.7 Å². The van der Waals surface area contributed by atoms with Crippen LogP contribution in [0.15, 0.2) is 18.2 Å². The van der Waals surface area contributed by atoms with Crippen LogP contribution in [0.5, 0.6) is 0 Å².